The Kier molecular flexibility index (Phi) is 6.10. The van der Waals surface area contributed by atoms with Crippen LogP contribution in [-0.4, -0.2) is 11.1 Å². The van der Waals surface area contributed by atoms with E-state index in [1.165, 1.54) is 16.0 Å². The highest BCUT2D eigenvalue weighted by Crippen LogP contribution is 2.54. The van der Waals surface area contributed by atoms with Gasteiger partial charge in [0.15, 0.2) is 5.44 Å². The second kappa shape index (κ2) is 7.85. The van der Waals surface area contributed by atoms with Crippen LogP contribution in [0.1, 0.15) is 6.92 Å². The van der Waals surface area contributed by atoms with Crippen LogP contribution in [0.3, 0.4) is 0 Å². The molecule has 0 aliphatic rings. The first-order chi connectivity index (χ1) is 10.4. The standard InChI is InChI=1S/C19H19NP.HI/c1-2-21(17-11-5-3-6-12-17,18-13-7-4-8-14-18)19-15-9-10-16-20-19;/h3-16H,2H2,1H3;1H/q+1;/p-1. The van der Waals surface area contributed by atoms with Gasteiger partial charge in [-0.15, -0.1) is 0 Å². The minimum absolute atomic E-state index is 0. The van der Waals surface area contributed by atoms with Crippen LogP contribution >= 0.6 is 7.26 Å². The Morgan fingerprint density at radius 1 is 0.727 bits per heavy atom. The summed E-state index contributed by atoms with van der Waals surface area (Å²) in [6, 6.07) is 27.9. The average molecular weight is 419 g/mol. The first-order valence-corrected chi connectivity index (χ1v) is 9.26. The van der Waals surface area contributed by atoms with E-state index in [9.17, 15) is 0 Å². The zero-order chi connectivity index (χ0) is 14.5. The normalized spacial score (nSPS) is 10.8. The van der Waals surface area contributed by atoms with E-state index in [1.54, 1.807) is 0 Å². The lowest BCUT2D eigenvalue weighted by atomic mass is 10.4. The maximum Gasteiger partial charge on any atom is 0.192 e. The minimum atomic E-state index is -1.65. The third kappa shape index (κ3) is 3.09. The molecule has 0 saturated carbocycles. The maximum absolute atomic E-state index is 4.72. The zero-order valence-corrected chi connectivity index (χ0v) is 15.6. The molecular weight excluding hydrogens is 400 g/mol. The number of rotatable bonds is 4. The predicted molar refractivity (Wildman–Crippen MR) is 93.5 cm³/mol. The van der Waals surface area contributed by atoms with Crippen molar-refractivity contribution < 1.29 is 24.0 Å². The van der Waals surface area contributed by atoms with E-state index >= 15 is 0 Å². The Balaban J connectivity index is 0.00000176. The highest BCUT2D eigenvalue weighted by Gasteiger charge is 2.44. The molecule has 0 spiro atoms. The Bertz CT molecular complexity index is 590. The number of hydrogen-bond acceptors (Lipinski definition) is 1. The van der Waals surface area contributed by atoms with Crippen molar-refractivity contribution in [3.63, 3.8) is 0 Å². The highest BCUT2D eigenvalue weighted by atomic mass is 127. The van der Waals surface area contributed by atoms with Crippen molar-refractivity contribution in [3.05, 3.63) is 85.1 Å². The fourth-order valence-electron chi connectivity index (χ4n) is 2.89. The molecule has 3 aromatic rings. The lowest BCUT2D eigenvalue weighted by molar-refractivity contribution is -0.00000418. The molecule has 1 nitrogen and oxygen atoms in total. The van der Waals surface area contributed by atoms with Crippen LogP contribution < -0.4 is 40.0 Å². The Morgan fingerprint density at radius 2 is 1.23 bits per heavy atom. The van der Waals surface area contributed by atoms with E-state index in [1.807, 2.05) is 12.3 Å². The molecule has 0 atom stereocenters. The van der Waals surface area contributed by atoms with Gasteiger partial charge in [-0.25, -0.2) is 4.98 Å². The molecule has 0 aliphatic heterocycles. The molecule has 0 fully saturated rings. The molecule has 0 aliphatic carbocycles. The van der Waals surface area contributed by atoms with E-state index in [4.69, 9.17) is 4.98 Å². The quantitative estimate of drug-likeness (QED) is 0.441. The molecule has 0 N–H and O–H groups in total. The molecular formula is C19H19INP. The molecule has 0 bridgehead atoms. The van der Waals surface area contributed by atoms with E-state index in [-0.39, 0.29) is 24.0 Å². The number of nitrogens with zero attached hydrogens (tertiary/aromatic N) is 1. The molecule has 0 unspecified atom stereocenters. The number of hydrogen-bond donors (Lipinski definition) is 0. The van der Waals surface area contributed by atoms with Gasteiger partial charge in [-0.05, 0) is 37.3 Å². The molecule has 112 valence electrons. The van der Waals surface area contributed by atoms with Gasteiger partial charge >= 0.3 is 0 Å². The van der Waals surface area contributed by atoms with Gasteiger partial charge in [-0.1, -0.05) is 42.5 Å². The number of halogens is 1. The zero-order valence-electron chi connectivity index (χ0n) is 12.6. The fourth-order valence-corrected chi connectivity index (χ4v) is 6.73. The van der Waals surface area contributed by atoms with Crippen LogP contribution in [0.4, 0.5) is 0 Å². The van der Waals surface area contributed by atoms with Crippen molar-refractivity contribution in [2.75, 3.05) is 6.16 Å². The topological polar surface area (TPSA) is 12.9 Å². The van der Waals surface area contributed by atoms with Gasteiger partial charge in [-0.2, -0.15) is 0 Å². The Morgan fingerprint density at radius 3 is 1.64 bits per heavy atom. The van der Waals surface area contributed by atoms with E-state index in [0.29, 0.717) is 0 Å². The summed E-state index contributed by atoms with van der Waals surface area (Å²) in [4.78, 5) is 4.72. The summed E-state index contributed by atoms with van der Waals surface area (Å²) in [7, 11) is -1.65. The summed E-state index contributed by atoms with van der Waals surface area (Å²) < 4.78 is 0. The Hall–Kier alpha value is -1.25. The molecule has 0 radical (unpaired) electrons. The summed E-state index contributed by atoms with van der Waals surface area (Å²) >= 11 is 0. The fraction of sp³-hybridized carbons (Fsp3) is 0.105. The second-order valence-corrected chi connectivity index (χ2v) is 8.73. The van der Waals surface area contributed by atoms with E-state index in [2.05, 4.69) is 79.7 Å². The molecule has 0 saturated heterocycles. The summed E-state index contributed by atoms with van der Waals surface area (Å²) in [5.74, 6) is 0. The first-order valence-electron chi connectivity index (χ1n) is 7.29. The van der Waals surface area contributed by atoms with Crippen molar-refractivity contribution in [2.45, 2.75) is 6.92 Å². The van der Waals surface area contributed by atoms with Crippen LogP contribution in [0, 0.1) is 0 Å². The molecule has 2 aromatic carbocycles. The van der Waals surface area contributed by atoms with Gasteiger partial charge in [0, 0.05) is 12.3 Å². The monoisotopic (exact) mass is 419 g/mol. The van der Waals surface area contributed by atoms with Gasteiger partial charge < -0.3 is 24.0 Å². The molecule has 1 heterocycles. The molecule has 0 amide bonds. The predicted octanol–water partition coefficient (Wildman–Crippen LogP) is 0.399. The highest BCUT2D eigenvalue weighted by molar-refractivity contribution is 7.95. The van der Waals surface area contributed by atoms with Gasteiger partial charge in [0.2, 0.25) is 0 Å². The van der Waals surface area contributed by atoms with Gasteiger partial charge in [-0.3, -0.25) is 0 Å². The minimum Gasteiger partial charge on any atom is -1.00 e. The summed E-state index contributed by atoms with van der Waals surface area (Å²) in [5.41, 5.74) is 1.21. The lowest BCUT2D eigenvalue weighted by Gasteiger charge is -2.24. The number of aromatic nitrogens is 1. The van der Waals surface area contributed by atoms with Crippen molar-refractivity contribution in [1.82, 2.24) is 4.98 Å². The third-order valence-electron chi connectivity index (χ3n) is 3.91. The van der Waals surface area contributed by atoms with Crippen LogP contribution in [-0.2, 0) is 0 Å². The maximum atomic E-state index is 4.72. The third-order valence-corrected chi connectivity index (χ3v) is 8.26. The SMILES string of the molecule is CC[P+](c1ccccc1)(c1ccccc1)c1ccccn1.[I-]. The van der Waals surface area contributed by atoms with Crippen LogP contribution in [0.2, 0.25) is 0 Å². The second-order valence-electron chi connectivity index (χ2n) is 4.99. The number of pyridine rings is 1. The summed E-state index contributed by atoms with van der Waals surface area (Å²) in [6.07, 6.45) is 2.99. The summed E-state index contributed by atoms with van der Waals surface area (Å²) in [5, 5.41) is 2.80. The molecule has 1 aromatic heterocycles. The van der Waals surface area contributed by atoms with Gasteiger partial charge in [0.05, 0.1) is 6.16 Å². The Labute approximate surface area is 150 Å². The van der Waals surface area contributed by atoms with Gasteiger partial charge in [0.1, 0.15) is 17.9 Å². The van der Waals surface area contributed by atoms with Crippen molar-refractivity contribution in [3.8, 4) is 0 Å². The molecule has 3 rings (SSSR count). The first kappa shape index (κ1) is 17.1. The number of benzene rings is 2. The lowest BCUT2D eigenvalue weighted by Crippen LogP contribution is -3.00. The van der Waals surface area contributed by atoms with E-state index in [0.717, 1.165) is 6.16 Å². The van der Waals surface area contributed by atoms with Gasteiger partial charge in [0.25, 0.3) is 0 Å². The van der Waals surface area contributed by atoms with Crippen LogP contribution in [0.5, 0.6) is 0 Å². The van der Waals surface area contributed by atoms with Crippen molar-refractivity contribution in [1.29, 1.82) is 0 Å². The van der Waals surface area contributed by atoms with Crippen LogP contribution in [0.15, 0.2) is 85.1 Å². The average Bonchev–Trinajstić information content (AvgIpc) is 2.59. The largest absolute Gasteiger partial charge is 1.00 e. The molecule has 22 heavy (non-hydrogen) atoms. The van der Waals surface area contributed by atoms with E-state index < -0.39 is 7.26 Å². The smallest absolute Gasteiger partial charge is 0.192 e. The van der Waals surface area contributed by atoms with Crippen molar-refractivity contribution in [2.24, 2.45) is 0 Å². The van der Waals surface area contributed by atoms with Crippen LogP contribution in [0.25, 0.3) is 0 Å². The summed E-state index contributed by atoms with van der Waals surface area (Å²) in [6.45, 7) is 2.28. The molecule has 3 heteroatoms. The van der Waals surface area contributed by atoms with Crippen molar-refractivity contribution >= 4 is 23.3 Å².